The predicted molar refractivity (Wildman–Crippen MR) is 106 cm³/mol. The maximum absolute atomic E-state index is 12.2. The summed E-state index contributed by atoms with van der Waals surface area (Å²) in [5.41, 5.74) is 0.505. The number of carbonyl (C=O) groups is 2. The molecule has 0 saturated heterocycles. The minimum Gasteiger partial charge on any atom is -0.495 e. The average molecular weight is 384 g/mol. The summed E-state index contributed by atoms with van der Waals surface area (Å²) in [6.07, 6.45) is 2.02. The van der Waals surface area contributed by atoms with Gasteiger partial charge in [0.25, 0.3) is 0 Å². The van der Waals surface area contributed by atoms with E-state index in [4.69, 9.17) is 16.3 Å². The first-order chi connectivity index (χ1) is 12.2. The Morgan fingerprint density at radius 1 is 1.15 bits per heavy atom. The number of halogens is 1. The Morgan fingerprint density at radius 2 is 1.81 bits per heavy atom. The van der Waals surface area contributed by atoms with Crippen LogP contribution in [-0.2, 0) is 9.59 Å². The van der Waals surface area contributed by atoms with E-state index >= 15 is 0 Å². The van der Waals surface area contributed by atoms with Gasteiger partial charge in [-0.2, -0.15) is 0 Å². The molecule has 0 bridgehead atoms. The van der Waals surface area contributed by atoms with E-state index in [0.29, 0.717) is 22.4 Å². The Morgan fingerprint density at radius 3 is 2.42 bits per heavy atom. The molecule has 2 N–H and O–H groups in total. The average Bonchev–Trinajstić information content (AvgIpc) is 2.52. The summed E-state index contributed by atoms with van der Waals surface area (Å²) in [6.45, 7) is 6.57. The van der Waals surface area contributed by atoms with Gasteiger partial charge in [-0.05, 0) is 50.9 Å². The maximum atomic E-state index is 12.2. The van der Waals surface area contributed by atoms with E-state index in [2.05, 4.69) is 24.5 Å². The van der Waals surface area contributed by atoms with Crippen LogP contribution in [0.15, 0.2) is 18.2 Å². The van der Waals surface area contributed by atoms with Crippen molar-refractivity contribution in [1.82, 2.24) is 10.2 Å². The largest absolute Gasteiger partial charge is 0.495 e. The summed E-state index contributed by atoms with van der Waals surface area (Å²) in [4.78, 5) is 25.9. The van der Waals surface area contributed by atoms with Gasteiger partial charge in [-0.25, -0.2) is 0 Å². The molecule has 6 nitrogen and oxygen atoms in total. The van der Waals surface area contributed by atoms with E-state index in [0.717, 1.165) is 12.8 Å². The quantitative estimate of drug-likeness (QED) is 0.651. The molecule has 146 valence electrons. The number of amides is 2. The molecule has 0 spiro atoms. The summed E-state index contributed by atoms with van der Waals surface area (Å²) in [6, 6.07) is 5.13. The number of ether oxygens (including phenoxy) is 1. The highest BCUT2D eigenvalue weighted by Crippen LogP contribution is 2.27. The van der Waals surface area contributed by atoms with Crippen LogP contribution in [0.5, 0.6) is 5.75 Å². The summed E-state index contributed by atoms with van der Waals surface area (Å²) < 4.78 is 5.20. The van der Waals surface area contributed by atoms with E-state index in [9.17, 15) is 9.59 Å². The number of anilines is 1. The first kappa shape index (κ1) is 22.3. The highest BCUT2D eigenvalue weighted by Gasteiger charge is 2.14. The maximum Gasteiger partial charge on any atom is 0.238 e. The van der Waals surface area contributed by atoms with Gasteiger partial charge in [-0.1, -0.05) is 25.4 Å². The Labute approximate surface area is 161 Å². The van der Waals surface area contributed by atoms with Crippen molar-refractivity contribution in [3.63, 3.8) is 0 Å². The van der Waals surface area contributed by atoms with Crippen molar-refractivity contribution < 1.29 is 14.3 Å². The van der Waals surface area contributed by atoms with E-state index in [1.165, 1.54) is 7.11 Å². The molecule has 0 aromatic heterocycles. The lowest BCUT2D eigenvalue weighted by Crippen LogP contribution is -2.42. The molecule has 26 heavy (non-hydrogen) atoms. The molecule has 0 aliphatic rings. The Balaban J connectivity index is 2.45. The van der Waals surface area contributed by atoms with Crippen LogP contribution in [0.2, 0.25) is 5.02 Å². The number of nitrogens with zero attached hydrogens (tertiary/aromatic N) is 1. The van der Waals surface area contributed by atoms with Crippen molar-refractivity contribution in [2.45, 2.75) is 39.7 Å². The van der Waals surface area contributed by atoms with Crippen molar-refractivity contribution in [3.05, 3.63) is 23.2 Å². The molecule has 0 heterocycles. The number of carbonyl (C=O) groups excluding carboxylic acids is 2. The lowest BCUT2D eigenvalue weighted by molar-refractivity contribution is -0.123. The van der Waals surface area contributed by atoms with Gasteiger partial charge in [0.2, 0.25) is 11.8 Å². The molecule has 0 fully saturated rings. The van der Waals surface area contributed by atoms with Gasteiger partial charge in [-0.15, -0.1) is 0 Å². The zero-order valence-corrected chi connectivity index (χ0v) is 17.0. The third-order valence-electron chi connectivity index (χ3n) is 3.85. The summed E-state index contributed by atoms with van der Waals surface area (Å²) in [7, 11) is 3.25. The van der Waals surface area contributed by atoms with Crippen LogP contribution in [0.25, 0.3) is 0 Å². The van der Waals surface area contributed by atoms with E-state index in [1.54, 1.807) is 30.1 Å². The summed E-state index contributed by atoms with van der Waals surface area (Å²) in [5.74, 6) is 0.817. The highest BCUT2D eigenvalue weighted by molar-refractivity contribution is 6.31. The molecule has 1 aromatic carbocycles. The third-order valence-corrected chi connectivity index (χ3v) is 4.08. The van der Waals surface area contributed by atoms with Gasteiger partial charge >= 0.3 is 0 Å². The first-order valence-electron chi connectivity index (χ1n) is 8.82. The molecule has 1 rings (SSSR count). The van der Waals surface area contributed by atoms with Crippen LogP contribution in [-0.4, -0.2) is 50.0 Å². The number of likely N-dealkylation sites (N-methyl/N-ethyl adjacent to an activating group) is 1. The zero-order chi connectivity index (χ0) is 19.7. The standard InChI is InChI=1S/C19H30ClN3O3/c1-13(2)6-7-14(3)21-18(24)11-23(4)12-19(25)22-16-10-15(20)8-9-17(16)26-5/h8-10,13-14H,6-7,11-12H2,1-5H3,(H,21,24)(H,22,25)/t14-/m0/s1. The highest BCUT2D eigenvalue weighted by atomic mass is 35.5. The van der Waals surface area contributed by atoms with Gasteiger partial charge < -0.3 is 15.4 Å². The number of rotatable bonds is 10. The molecule has 1 aromatic rings. The van der Waals surface area contributed by atoms with E-state index < -0.39 is 0 Å². The summed E-state index contributed by atoms with van der Waals surface area (Å²) in [5, 5.41) is 6.23. The molecule has 1 atom stereocenters. The minimum absolute atomic E-state index is 0.0862. The number of hydrogen-bond acceptors (Lipinski definition) is 4. The first-order valence-corrected chi connectivity index (χ1v) is 9.20. The smallest absolute Gasteiger partial charge is 0.238 e. The Kier molecular flexibility index (Phi) is 9.44. The number of methoxy groups -OCH3 is 1. The normalized spacial score (nSPS) is 12.2. The fourth-order valence-electron chi connectivity index (χ4n) is 2.49. The molecule has 0 radical (unpaired) electrons. The Hall–Kier alpha value is -1.79. The van der Waals surface area contributed by atoms with Gasteiger partial charge in [-0.3, -0.25) is 14.5 Å². The van der Waals surface area contributed by atoms with Crippen LogP contribution < -0.4 is 15.4 Å². The number of hydrogen-bond donors (Lipinski definition) is 2. The molecule has 0 aliphatic carbocycles. The predicted octanol–water partition coefficient (Wildman–Crippen LogP) is 3.16. The van der Waals surface area contributed by atoms with E-state index in [-0.39, 0.29) is 30.9 Å². The third kappa shape index (κ3) is 8.54. The molecular formula is C19H30ClN3O3. The molecule has 0 saturated carbocycles. The van der Waals surface area contributed by atoms with Crippen molar-refractivity contribution in [3.8, 4) is 5.75 Å². The topological polar surface area (TPSA) is 70.7 Å². The Bertz CT molecular complexity index is 608. The summed E-state index contributed by atoms with van der Waals surface area (Å²) >= 11 is 5.96. The van der Waals surface area contributed by atoms with Gasteiger partial charge in [0, 0.05) is 11.1 Å². The van der Waals surface area contributed by atoms with E-state index in [1.807, 2.05) is 6.92 Å². The lowest BCUT2D eigenvalue weighted by atomic mass is 10.0. The fourth-order valence-corrected chi connectivity index (χ4v) is 2.66. The van der Waals surface area contributed by atoms with Crippen LogP contribution >= 0.6 is 11.6 Å². The molecule has 0 unspecified atom stereocenters. The van der Waals surface area contributed by atoms with Crippen LogP contribution in [0.3, 0.4) is 0 Å². The molecular weight excluding hydrogens is 354 g/mol. The van der Waals surface area contributed by atoms with Crippen molar-refractivity contribution in [1.29, 1.82) is 0 Å². The van der Waals surface area contributed by atoms with Crippen molar-refractivity contribution >= 4 is 29.1 Å². The van der Waals surface area contributed by atoms with Gasteiger partial charge in [0.05, 0.1) is 25.9 Å². The van der Waals surface area contributed by atoms with Crippen LogP contribution in [0.1, 0.15) is 33.6 Å². The van der Waals surface area contributed by atoms with Crippen LogP contribution in [0, 0.1) is 5.92 Å². The fraction of sp³-hybridized carbons (Fsp3) is 0.579. The lowest BCUT2D eigenvalue weighted by Gasteiger charge is -2.19. The van der Waals surface area contributed by atoms with Crippen molar-refractivity contribution in [2.24, 2.45) is 5.92 Å². The second-order valence-corrected chi connectivity index (χ2v) is 7.44. The zero-order valence-electron chi connectivity index (χ0n) is 16.3. The van der Waals surface area contributed by atoms with Gasteiger partial charge in [0.1, 0.15) is 5.75 Å². The minimum atomic E-state index is -0.242. The SMILES string of the molecule is COc1ccc(Cl)cc1NC(=O)CN(C)CC(=O)N[C@@H](C)CCC(C)C. The van der Waals surface area contributed by atoms with Crippen LogP contribution in [0.4, 0.5) is 5.69 Å². The second-order valence-electron chi connectivity index (χ2n) is 7.00. The number of benzene rings is 1. The van der Waals surface area contributed by atoms with Gasteiger partial charge in [0.15, 0.2) is 0 Å². The molecule has 7 heteroatoms. The molecule has 0 aliphatic heterocycles. The number of nitrogens with one attached hydrogen (secondary N) is 2. The molecule has 2 amide bonds. The second kappa shape index (κ2) is 11.0. The van der Waals surface area contributed by atoms with Crippen molar-refractivity contribution in [2.75, 3.05) is 32.6 Å². The monoisotopic (exact) mass is 383 g/mol.